The Balaban J connectivity index is 1.59. The number of anilines is 1. The van der Waals surface area contributed by atoms with E-state index >= 15 is 0 Å². The van der Waals surface area contributed by atoms with Gasteiger partial charge in [-0.15, -0.1) is 0 Å². The first kappa shape index (κ1) is 19.7. The number of hydrogen-bond acceptors (Lipinski definition) is 5. The highest BCUT2D eigenvalue weighted by atomic mass is 32.2. The van der Waals surface area contributed by atoms with E-state index in [0.29, 0.717) is 17.9 Å². The minimum Gasteiger partial charge on any atom is -0.462 e. The van der Waals surface area contributed by atoms with Crippen molar-refractivity contribution in [1.82, 2.24) is 9.55 Å². The highest BCUT2D eigenvalue weighted by Crippen LogP contribution is 2.22. The SMILES string of the molecule is CCOC(=O)c1ccc(NC(=O)CSc2nccn2-c2ccccc2C)cc1. The number of aromatic nitrogens is 2. The van der Waals surface area contributed by atoms with E-state index in [-0.39, 0.29) is 17.6 Å². The van der Waals surface area contributed by atoms with Gasteiger partial charge < -0.3 is 10.1 Å². The third kappa shape index (κ3) is 4.80. The van der Waals surface area contributed by atoms with Crippen LogP contribution in [0.1, 0.15) is 22.8 Å². The fourth-order valence-corrected chi connectivity index (χ4v) is 3.41. The van der Waals surface area contributed by atoms with Crippen molar-refractivity contribution in [2.75, 3.05) is 17.7 Å². The zero-order valence-electron chi connectivity index (χ0n) is 15.7. The summed E-state index contributed by atoms with van der Waals surface area (Å²) in [6, 6.07) is 14.7. The molecule has 0 aliphatic heterocycles. The summed E-state index contributed by atoms with van der Waals surface area (Å²) in [6.07, 6.45) is 3.61. The Morgan fingerprint density at radius 2 is 1.89 bits per heavy atom. The summed E-state index contributed by atoms with van der Waals surface area (Å²) in [4.78, 5) is 28.3. The quantitative estimate of drug-likeness (QED) is 0.482. The molecule has 1 aromatic heterocycles. The monoisotopic (exact) mass is 395 g/mol. The summed E-state index contributed by atoms with van der Waals surface area (Å²) < 4.78 is 6.92. The van der Waals surface area contributed by atoms with Gasteiger partial charge in [0.2, 0.25) is 5.91 Å². The number of ether oxygens (including phenoxy) is 1. The van der Waals surface area contributed by atoms with E-state index in [2.05, 4.69) is 10.3 Å². The van der Waals surface area contributed by atoms with Crippen LogP contribution in [0.3, 0.4) is 0 Å². The predicted octanol–water partition coefficient (Wildman–Crippen LogP) is 4.09. The van der Waals surface area contributed by atoms with Gasteiger partial charge in [0.1, 0.15) is 0 Å². The van der Waals surface area contributed by atoms with Crippen molar-refractivity contribution in [3.8, 4) is 5.69 Å². The molecule has 1 heterocycles. The molecule has 0 radical (unpaired) electrons. The first-order valence-electron chi connectivity index (χ1n) is 8.87. The molecule has 6 nitrogen and oxygen atoms in total. The second-order valence-corrected chi connectivity index (χ2v) is 6.94. The average Bonchev–Trinajstić information content (AvgIpc) is 3.16. The summed E-state index contributed by atoms with van der Waals surface area (Å²) in [5.74, 6) is -0.296. The number of esters is 1. The number of para-hydroxylation sites is 1. The van der Waals surface area contributed by atoms with Crippen LogP contribution in [0.25, 0.3) is 5.69 Å². The molecule has 0 aliphatic rings. The Labute approximate surface area is 167 Å². The van der Waals surface area contributed by atoms with E-state index in [0.717, 1.165) is 16.4 Å². The van der Waals surface area contributed by atoms with Crippen LogP contribution in [0.4, 0.5) is 5.69 Å². The lowest BCUT2D eigenvalue weighted by Gasteiger charge is -2.10. The van der Waals surface area contributed by atoms with Crippen molar-refractivity contribution in [2.24, 2.45) is 0 Å². The second-order valence-electron chi connectivity index (χ2n) is 6.00. The molecule has 0 saturated carbocycles. The van der Waals surface area contributed by atoms with Gasteiger partial charge in [0.05, 0.1) is 23.6 Å². The maximum atomic E-state index is 12.3. The van der Waals surface area contributed by atoms with Crippen LogP contribution in [0.5, 0.6) is 0 Å². The number of amides is 1. The van der Waals surface area contributed by atoms with Crippen molar-refractivity contribution in [2.45, 2.75) is 19.0 Å². The Morgan fingerprint density at radius 3 is 2.61 bits per heavy atom. The van der Waals surface area contributed by atoms with Crippen LogP contribution in [-0.4, -0.2) is 33.8 Å². The molecular weight excluding hydrogens is 374 g/mol. The van der Waals surface area contributed by atoms with E-state index in [1.165, 1.54) is 11.8 Å². The summed E-state index contributed by atoms with van der Waals surface area (Å²) in [7, 11) is 0. The van der Waals surface area contributed by atoms with Crippen LogP contribution >= 0.6 is 11.8 Å². The van der Waals surface area contributed by atoms with Crippen molar-refractivity contribution in [3.05, 3.63) is 72.1 Å². The predicted molar refractivity (Wildman–Crippen MR) is 110 cm³/mol. The largest absolute Gasteiger partial charge is 0.462 e. The Kier molecular flexibility index (Phi) is 6.49. The third-order valence-corrected chi connectivity index (χ3v) is 4.96. The molecule has 0 saturated heterocycles. The molecule has 144 valence electrons. The Hall–Kier alpha value is -3.06. The van der Waals surface area contributed by atoms with E-state index in [1.54, 1.807) is 37.4 Å². The van der Waals surface area contributed by atoms with Gasteiger partial charge >= 0.3 is 5.97 Å². The lowest BCUT2D eigenvalue weighted by atomic mass is 10.2. The number of aryl methyl sites for hydroxylation is 1. The normalized spacial score (nSPS) is 10.5. The number of carbonyl (C=O) groups is 2. The van der Waals surface area contributed by atoms with Gasteiger partial charge in [-0.2, -0.15) is 0 Å². The fraction of sp³-hybridized carbons (Fsp3) is 0.190. The van der Waals surface area contributed by atoms with Crippen LogP contribution in [0.15, 0.2) is 66.1 Å². The standard InChI is InChI=1S/C21H21N3O3S/c1-3-27-20(26)16-8-10-17(11-9-16)23-19(25)14-28-21-22-12-13-24(21)18-7-5-4-6-15(18)2/h4-13H,3,14H2,1-2H3,(H,23,25). The van der Waals surface area contributed by atoms with E-state index < -0.39 is 0 Å². The molecular formula is C21H21N3O3S. The lowest BCUT2D eigenvalue weighted by Crippen LogP contribution is -2.14. The number of thioether (sulfide) groups is 1. The molecule has 3 rings (SSSR count). The molecule has 28 heavy (non-hydrogen) atoms. The molecule has 0 atom stereocenters. The van der Waals surface area contributed by atoms with E-state index in [4.69, 9.17) is 4.74 Å². The van der Waals surface area contributed by atoms with Crippen molar-refractivity contribution in [3.63, 3.8) is 0 Å². The molecule has 0 unspecified atom stereocenters. The Morgan fingerprint density at radius 1 is 1.14 bits per heavy atom. The maximum Gasteiger partial charge on any atom is 0.338 e. The van der Waals surface area contributed by atoms with Crippen molar-refractivity contribution < 1.29 is 14.3 Å². The first-order chi connectivity index (χ1) is 13.6. The molecule has 7 heteroatoms. The zero-order chi connectivity index (χ0) is 19.9. The molecule has 0 spiro atoms. The molecule has 0 aliphatic carbocycles. The topological polar surface area (TPSA) is 73.2 Å². The second kappa shape index (κ2) is 9.23. The number of hydrogen-bond donors (Lipinski definition) is 1. The number of nitrogens with zero attached hydrogens (tertiary/aromatic N) is 2. The summed E-state index contributed by atoms with van der Waals surface area (Å²) in [5, 5.41) is 3.58. The van der Waals surface area contributed by atoms with Gasteiger partial charge in [-0.3, -0.25) is 9.36 Å². The van der Waals surface area contributed by atoms with Gasteiger partial charge in [-0.25, -0.2) is 9.78 Å². The van der Waals surface area contributed by atoms with Crippen LogP contribution < -0.4 is 5.32 Å². The molecule has 1 N–H and O–H groups in total. The molecule has 2 aromatic carbocycles. The van der Waals surface area contributed by atoms with E-state index in [1.807, 2.05) is 42.0 Å². The number of carbonyl (C=O) groups excluding carboxylic acids is 2. The third-order valence-electron chi connectivity index (χ3n) is 3.99. The summed E-state index contributed by atoms with van der Waals surface area (Å²) in [5.41, 5.74) is 3.25. The molecule has 3 aromatic rings. The van der Waals surface area contributed by atoms with Crippen molar-refractivity contribution >= 4 is 29.3 Å². The van der Waals surface area contributed by atoms with Gasteiger partial charge in [0, 0.05) is 18.1 Å². The highest BCUT2D eigenvalue weighted by molar-refractivity contribution is 7.99. The number of nitrogens with one attached hydrogen (secondary N) is 1. The first-order valence-corrected chi connectivity index (χ1v) is 9.86. The summed E-state index contributed by atoms with van der Waals surface area (Å²) in [6.45, 7) is 4.12. The molecule has 0 fully saturated rings. The van der Waals surface area contributed by atoms with Gasteiger partial charge in [0.25, 0.3) is 0 Å². The van der Waals surface area contributed by atoms with Crippen LogP contribution in [-0.2, 0) is 9.53 Å². The van der Waals surface area contributed by atoms with Crippen LogP contribution in [0, 0.1) is 6.92 Å². The zero-order valence-corrected chi connectivity index (χ0v) is 16.5. The molecule has 1 amide bonds. The van der Waals surface area contributed by atoms with Gasteiger partial charge in [-0.1, -0.05) is 30.0 Å². The minimum atomic E-state index is -0.376. The minimum absolute atomic E-state index is 0.145. The van der Waals surface area contributed by atoms with Gasteiger partial charge in [-0.05, 0) is 49.7 Å². The molecule has 0 bridgehead atoms. The Bertz CT molecular complexity index is 967. The van der Waals surface area contributed by atoms with Crippen LogP contribution in [0.2, 0.25) is 0 Å². The van der Waals surface area contributed by atoms with E-state index in [9.17, 15) is 9.59 Å². The maximum absolute atomic E-state index is 12.3. The number of rotatable bonds is 7. The number of imidazole rings is 1. The lowest BCUT2D eigenvalue weighted by molar-refractivity contribution is -0.113. The number of benzene rings is 2. The highest BCUT2D eigenvalue weighted by Gasteiger charge is 2.11. The van der Waals surface area contributed by atoms with Gasteiger partial charge in [0.15, 0.2) is 5.16 Å². The van der Waals surface area contributed by atoms with Crippen molar-refractivity contribution in [1.29, 1.82) is 0 Å². The average molecular weight is 395 g/mol. The fourth-order valence-electron chi connectivity index (χ4n) is 2.64. The summed E-state index contributed by atoms with van der Waals surface area (Å²) >= 11 is 1.36. The smallest absolute Gasteiger partial charge is 0.338 e.